The van der Waals surface area contributed by atoms with Gasteiger partial charge in [-0.15, -0.1) is 23.2 Å². The van der Waals surface area contributed by atoms with Gasteiger partial charge in [0, 0.05) is 53.5 Å². The molecule has 1 unspecified atom stereocenters. The number of aryl methyl sites for hydroxylation is 11. The molecule has 8 rings (SSSR count). The zero-order chi connectivity index (χ0) is 81.2. The fourth-order valence-corrected chi connectivity index (χ4v) is 8.67. The number of benzene rings is 5. The number of hydrogen-bond donors (Lipinski definition) is 3. The van der Waals surface area contributed by atoms with Crippen molar-refractivity contribution in [1.29, 1.82) is 0 Å². The molecule has 0 saturated heterocycles. The van der Waals surface area contributed by atoms with Gasteiger partial charge < -0.3 is 40.1 Å². The zero-order valence-electron chi connectivity index (χ0n) is 59.4. The number of carboxylic acid groups (broad SMARTS) is 1. The largest absolute Gasteiger partial charge is 1.00 e. The molecule has 3 heterocycles. The maximum Gasteiger partial charge on any atom is 1.00 e. The molecule has 109 heavy (non-hydrogen) atoms. The molecule has 0 bridgehead atoms. The molecule has 1 amide bonds. The number of primary amides is 1. The van der Waals surface area contributed by atoms with Crippen molar-refractivity contribution in [3.05, 3.63) is 229 Å². The topological polar surface area (TPSA) is 265 Å². The predicted molar refractivity (Wildman–Crippen MR) is 376 cm³/mol. The number of Topliss-reactive ketones (excluding diaryl/α,β-unsaturated/α-hetero) is 1. The Morgan fingerprint density at radius 1 is 0.495 bits per heavy atom. The van der Waals surface area contributed by atoms with E-state index in [1.54, 1.807) is 27.7 Å². The molecule has 0 aliphatic carbocycles. The van der Waals surface area contributed by atoms with Gasteiger partial charge in [0.1, 0.15) is 12.4 Å². The van der Waals surface area contributed by atoms with Gasteiger partial charge in [-0.2, -0.15) is 65.9 Å². The van der Waals surface area contributed by atoms with Crippen LogP contribution in [0.4, 0.5) is 65.9 Å². The number of carbonyl (C=O) groups excluding carboxylic acids is 4. The number of rotatable bonds is 22. The molecular formula is C70H75AlCl4F15LiN4O13S. The number of oxazole rings is 3. The number of esters is 2. The molecule has 0 spiro atoms. The number of ketones is 1. The molecule has 0 saturated carbocycles. The van der Waals surface area contributed by atoms with E-state index in [0.29, 0.717) is 96.7 Å². The summed E-state index contributed by atoms with van der Waals surface area (Å²) in [6.45, 7) is 10.0. The third-order valence-corrected chi connectivity index (χ3v) is 14.6. The van der Waals surface area contributed by atoms with Crippen molar-refractivity contribution in [2.75, 3.05) is 13.2 Å². The van der Waals surface area contributed by atoms with Gasteiger partial charge in [-0.05, 0) is 162 Å². The van der Waals surface area contributed by atoms with E-state index < -0.39 is 97.1 Å². The van der Waals surface area contributed by atoms with Crippen LogP contribution in [0, 0.1) is 20.8 Å². The summed E-state index contributed by atoms with van der Waals surface area (Å²) in [4.78, 5) is 65.8. The van der Waals surface area contributed by atoms with Crippen LogP contribution in [0.3, 0.4) is 0 Å². The molecule has 0 fully saturated rings. The summed E-state index contributed by atoms with van der Waals surface area (Å²) in [5, 5.41) is 16.2. The number of aromatic nitrogens is 3. The van der Waals surface area contributed by atoms with Crippen molar-refractivity contribution >= 4 is 101 Å². The summed E-state index contributed by atoms with van der Waals surface area (Å²) in [6, 6.07) is 24.3. The number of ether oxygens (including phenoxy) is 2. The molecule has 5 aromatic carbocycles. The summed E-state index contributed by atoms with van der Waals surface area (Å²) >= 11 is 11.0. The number of aliphatic hydroxyl groups is 1. The monoisotopic (exact) mass is 1670 g/mol. The third kappa shape index (κ3) is 40.4. The minimum Gasteiger partial charge on any atom is -1.00 e. The van der Waals surface area contributed by atoms with Crippen molar-refractivity contribution in [1.82, 2.24) is 15.0 Å². The van der Waals surface area contributed by atoms with E-state index in [9.17, 15) is 89.8 Å². The quantitative estimate of drug-likeness (QED) is 0.0142. The average molecular weight is 1670 g/mol. The molecule has 0 radical (unpaired) electrons. The Balaban J connectivity index is 0. The molecule has 8 aromatic rings. The second-order valence-corrected chi connectivity index (χ2v) is 25.2. The van der Waals surface area contributed by atoms with Gasteiger partial charge in [0.2, 0.25) is 20.9 Å². The van der Waals surface area contributed by atoms with Crippen LogP contribution < -0.4 is 24.6 Å². The van der Waals surface area contributed by atoms with E-state index in [-0.39, 0.29) is 94.2 Å². The Bertz CT molecular complexity index is 3900. The Kier molecular flexibility index (Phi) is 45.8. The summed E-state index contributed by atoms with van der Waals surface area (Å²) in [7, 11) is 7.36. The number of carboxylic acids is 1. The minimum absolute atomic E-state index is 0. The van der Waals surface area contributed by atoms with E-state index in [1.807, 2.05) is 6.92 Å². The number of aliphatic hydroxyl groups excluding tert-OH is 1. The Labute approximate surface area is 661 Å². The Hall–Kier alpha value is -7.37. The van der Waals surface area contributed by atoms with Crippen molar-refractivity contribution < 1.29 is 147 Å². The smallest absolute Gasteiger partial charge is 1.00 e. The van der Waals surface area contributed by atoms with Crippen molar-refractivity contribution in [3.63, 3.8) is 0 Å². The maximum atomic E-state index is 12.5. The first-order valence-electron chi connectivity index (χ1n) is 31.3. The first kappa shape index (κ1) is 102. The molecule has 39 heteroatoms. The Morgan fingerprint density at radius 3 is 1.02 bits per heavy atom. The van der Waals surface area contributed by atoms with Crippen LogP contribution in [-0.4, -0.2) is 94.9 Å². The standard InChI is InChI=1S/C16H16F3NO3.C14H13ClF3NO.C14H14F3NO2.C10H10F3NO.C10H9F3O2.C6H9ClO3.Al.Cl2OS.Li.4H/c1-3-22-15(21)14-10(2)20-13(23-14)9-6-11-4-7-12(8-5-11)16(17,18)19;1-9-12(8-15)20-13(19-9)7-4-10-2-5-11(6-3-10)14(16,17)18;1-9-12(8-19)20-13(18-9)7-4-10-2-5-11(6-3-10)14(15,16)17;2*11-10(12,13)8-4-1-7(2-5-8)3-6-9(14)15;1-3-10-6(9)5(7)4(2)8;;1-4(2)3;;;;;/h4-5,7-8H,3,6,9H2,1-2H3;2-3,5-6H,4,7-8H2,1H3;2-3,5-6,19H,4,7-8H2,1H3;1-2,4-5H,3,6H2,(H2,14,15);1-2,4-5H,3,6H2,(H,14,15);5H,3H2,1-2H3;;;;;;;/q;;;;;;;;+1;;;;-1. The molecule has 17 nitrogen and oxygen atoms in total. The number of nitrogens with zero attached hydrogens (tertiary/aromatic N) is 3. The van der Waals surface area contributed by atoms with Crippen molar-refractivity contribution in [2.24, 2.45) is 5.73 Å². The molecule has 0 aliphatic rings. The number of hydrogen-bond acceptors (Lipinski definition) is 15. The van der Waals surface area contributed by atoms with Gasteiger partial charge in [0.05, 0.1) is 64.0 Å². The second kappa shape index (κ2) is 49.1. The second-order valence-electron chi connectivity index (χ2n) is 22.0. The van der Waals surface area contributed by atoms with Crippen LogP contribution in [0.15, 0.2) is 135 Å². The number of nitrogens with two attached hydrogens (primary N) is 1. The Morgan fingerprint density at radius 2 is 0.771 bits per heavy atom. The summed E-state index contributed by atoms with van der Waals surface area (Å²) < 4.78 is 219. The first-order valence-corrected chi connectivity index (χ1v) is 35.1. The SMILES string of the molecule is CCOC(=O)C(Cl)C(C)=O.CCOC(=O)c1oc(CCc2ccc(C(F)(F)F)cc2)nc1C.Cc1nc(CCc2ccc(C(F)(F)F)cc2)oc1CCl.Cc1nc(CCc2ccc(C(F)(F)F)cc2)oc1CO.NC(=O)CCc1ccc(C(F)(F)F)cc1.O=C(O)CCc1ccc(C(F)(F)F)cc1.O=S(Cl)Cl.[AlH3].[H-].[Li+]. The van der Waals surface area contributed by atoms with Crippen LogP contribution in [0.1, 0.15) is 148 Å². The van der Waals surface area contributed by atoms with Crippen LogP contribution >= 0.6 is 44.6 Å². The number of aliphatic carboxylic acids is 1. The summed E-state index contributed by atoms with van der Waals surface area (Å²) in [5.41, 5.74) is 6.92. The van der Waals surface area contributed by atoms with Gasteiger partial charge in [0.25, 0.3) is 0 Å². The first-order chi connectivity index (χ1) is 49.7. The summed E-state index contributed by atoms with van der Waals surface area (Å²) in [5.74, 6) is -0.287. The molecule has 596 valence electrons. The number of halogens is 19. The third-order valence-electron chi connectivity index (χ3n) is 13.9. The van der Waals surface area contributed by atoms with E-state index >= 15 is 0 Å². The van der Waals surface area contributed by atoms with Crippen LogP contribution in [-0.2, 0) is 133 Å². The van der Waals surface area contributed by atoms with Crippen LogP contribution in [0.5, 0.6) is 0 Å². The predicted octanol–water partition coefficient (Wildman–Crippen LogP) is 14.3. The average Bonchev–Trinajstić information content (AvgIpc) is 1.59. The number of carbonyl (C=O) groups is 5. The molecule has 4 N–H and O–H groups in total. The van der Waals surface area contributed by atoms with Crippen molar-refractivity contribution in [3.8, 4) is 0 Å². The fraction of sp³-hybridized carbons (Fsp3) is 0.371. The summed E-state index contributed by atoms with van der Waals surface area (Å²) in [6.07, 6.45) is -18.0. The van der Waals surface area contributed by atoms with Crippen LogP contribution in [0.2, 0.25) is 0 Å². The van der Waals surface area contributed by atoms with Gasteiger partial charge in [-0.1, -0.05) is 60.7 Å². The molecule has 0 aliphatic heterocycles. The van der Waals surface area contributed by atoms with Gasteiger partial charge in [-0.25, -0.2) is 28.7 Å². The fourth-order valence-electron chi connectivity index (χ4n) is 8.36. The molecule has 3 aromatic heterocycles. The van der Waals surface area contributed by atoms with Gasteiger partial charge in [0.15, 0.2) is 52.0 Å². The zero-order valence-corrected chi connectivity index (χ0v) is 62.3. The van der Waals surface area contributed by atoms with E-state index in [1.165, 1.54) is 67.6 Å². The normalized spacial score (nSPS) is 11.4. The molecule has 1 atom stereocenters. The van der Waals surface area contributed by atoms with Crippen molar-refractivity contribution in [2.45, 2.75) is 154 Å². The maximum absolute atomic E-state index is 12.5. The van der Waals surface area contributed by atoms with E-state index in [0.717, 1.165) is 83.0 Å². The van der Waals surface area contributed by atoms with E-state index in [4.69, 9.17) is 61.3 Å². The number of alkyl halides is 17. The molecular weight excluding hydrogens is 1600 g/mol. The number of amides is 1. The minimum atomic E-state index is -4.34. The van der Waals surface area contributed by atoms with Gasteiger partial charge in [-0.3, -0.25) is 14.4 Å². The van der Waals surface area contributed by atoms with Crippen LogP contribution in [0.25, 0.3) is 0 Å². The van der Waals surface area contributed by atoms with E-state index in [2.05, 4.69) is 41.1 Å². The van der Waals surface area contributed by atoms with Gasteiger partial charge >= 0.3 is 67.7 Å².